The third-order valence-corrected chi connectivity index (χ3v) is 4.38. The van der Waals surface area contributed by atoms with E-state index in [1.54, 1.807) is 18.5 Å². The number of hydrogen-bond acceptors (Lipinski definition) is 3. The first-order valence-electron chi connectivity index (χ1n) is 7.43. The van der Waals surface area contributed by atoms with E-state index in [1.807, 2.05) is 0 Å². The van der Waals surface area contributed by atoms with Gasteiger partial charge in [-0.3, -0.25) is 9.69 Å². The summed E-state index contributed by atoms with van der Waals surface area (Å²) in [5, 5.41) is 3.13. The molecular weight excluding hydrogens is 254 g/mol. The SMILES string of the molecule is CC(C)[C@@H]1CN2C[C@@H](NC(=O)c3cc[nH]c3)C[C@H]2CO1. The van der Waals surface area contributed by atoms with Gasteiger partial charge in [0.05, 0.1) is 18.3 Å². The molecule has 5 nitrogen and oxygen atoms in total. The van der Waals surface area contributed by atoms with Crippen molar-refractivity contribution >= 4 is 5.91 Å². The monoisotopic (exact) mass is 277 g/mol. The molecule has 0 bridgehead atoms. The molecule has 1 aromatic heterocycles. The Labute approximate surface area is 119 Å². The zero-order valence-corrected chi connectivity index (χ0v) is 12.1. The number of ether oxygens (including phenoxy) is 1. The molecule has 3 rings (SSSR count). The van der Waals surface area contributed by atoms with Crippen LogP contribution in [0.4, 0.5) is 0 Å². The van der Waals surface area contributed by atoms with Gasteiger partial charge >= 0.3 is 0 Å². The van der Waals surface area contributed by atoms with E-state index in [0.29, 0.717) is 23.6 Å². The molecule has 5 heteroatoms. The Balaban J connectivity index is 1.56. The lowest BCUT2D eigenvalue weighted by Crippen LogP contribution is -2.48. The fourth-order valence-corrected chi connectivity index (χ4v) is 3.14. The van der Waals surface area contributed by atoms with Gasteiger partial charge in [0.1, 0.15) is 0 Å². The van der Waals surface area contributed by atoms with E-state index in [9.17, 15) is 4.79 Å². The lowest BCUT2D eigenvalue weighted by molar-refractivity contribution is -0.0683. The highest BCUT2D eigenvalue weighted by atomic mass is 16.5. The largest absolute Gasteiger partial charge is 0.375 e. The predicted octanol–water partition coefficient (Wildman–Crippen LogP) is 1.24. The summed E-state index contributed by atoms with van der Waals surface area (Å²) < 4.78 is 5.92. The summed E-state index contributed by atoms with van der Waals surface area (Å²) in [5.74, 6) is 0.557. The van der Waals surface area contributed by atoms with Gasteiger partial charge in [-0.1, -0.05) is 13.8 Å². The first-order chi connectivity index (χ1) is 9.63. The summed E-state index contributed by atoms with van der Waals surface area (Å²) >= 11 is 0. The number of H-pyrrole nitrogens is 1. The number of hydrogen-bond donors (Lipinski definition) is 2. The highest BCUT2D eigenvalue weighted by Crippen LogP contribution is 2.25. The number of aromatic amines is 1. The van der Waals surface area contributed by atoms with Crippen LogP contribution >= 0.6 is 0 Å². The second-order valence-electron chi connectivity index (χ2n) is 6.23. The van der Waals surface area contributed by atoms with Crippen molar-refractivity contribution in [1.29, 1.82) is 0 Å². The first kappa shape index (κ1) is 13.6. The molecule has 2 aliphatic rings. The fraction of sp³-hybridized carbons (Fsp3) is 0.667. The van der Waals surface area contributed by atoms with E-state index in [2.05, 4.69) is 29.0 Å². The van der Waals surface area contributed by atoms with Crippen LogP contribution < -0.4 is 5.32 Å². The Kier molecular flexibility index (Phi) is 3.81. The molecule has 0 spiro atoms. The minimum atomic E-state index is 0.0115. The van der Waals surface area contributed by atoms with E-state index >= 15 is 0 Å². The number of carbonyl (C=O) groups is 1. The number of morpholine rings is 1. The third kappa shape index (κ3) is 2.74. The second-order valence-corrected chi connectivity index (χ2v) is 6.23. The quantitative estimate of drug-likeness (QED) is 0.874. The Morgan fingerprint density at radius 3 is 3.05 bits per heavy atom. The standard InChI is InChI=1S/C15H23N3O2/c1-10(2)14-8-18-7-12(5-13(18)9-20-14)17-15(19)11-3-4-16-6-11/h3-4,6,10,12-14,16H,5,7-9H2,1-2H3,(H,17,19)/t12-,13-,14-/m0/s1. The molecule has 0 unspecified atom stereocenters. The van der Waals surface area contributed by atoms with Crippen LogP contribution in [0.25, 0.3) is 0 Å². The van der Waals surface area contributed by atoms with Crippen molar-refractivity contribution in [2.75, 3.05) is 19.7 Å². The first-order valence-corrected chi connectivity index (χ1v) is 7.43. The summed E-state index contributed by atoms with van der Waals surface area (Å²) in [7, 11) is 0. The van der Waals surface area contributed by atoms with Crippen molar-refractivity contribution in [3.8, 4) is 0 Å². The van der Waals surface area contributed by atoms with Gasteiger partial charge in [-0.25, -0.2) is 0 Å². The van der Waals surface area contributed by atoms with Crippen molar-refractivity contribution < 1.29 is 9.53 Å². The molecule has 2 saturated heterocycles. The molecule has 0 saturated carbocycles. The van der Waals surface area contributed by atoms with Crippen molar-refractivity contribution in [3.05, 3.63) is 24.0 Å². The number of rotatable bonds is 3. The average molecular weight is 277 g/mol. The maximum Gasteiger partial charge on any atom is 0.253 e. The van der Waals surface area contributed by atoms with Crippen LogP contribution in [0.3, 0.4) is 0 Å². The topological polar surface area (TPSA) is 57.4 Å². The predicted molar refractivity (Wildman–Crippen MR) is 76.6 cm³/mol. The van der Waals surface area contributed by atoms with Crippen LogP contribution in [-0.4, -0.2) is 53.7 Å². The van der Waals surface area contributed by atoms with Crippen LogP contribution in [0.1, 0.15) is 30.6 Å². The zero-order valence-electron chi connectivity index (χ0n) is 12.1. The highest BCUT2D eigenvalue weighted by Gasteiger charge is 2.38. The number of aromatic nitrogens is 1. The van der Waals surface area contributed by atoms with E-state index in [0.717, 1.165) is 26.1 Å². The maximum atomic E-state index is 12.1. The smallest absolute Gasteiger partial charge is 0.253 e. The van der Waals surface area contributed by atoms with Gasteiger partial charge < -0.3 is 15.0 Å². The molecular formula is C15H23N3O2. The fourth-order valence-electron chi connectivity index (χ4n) is 3.14. The van der Waals surface area contributed by atoms with Gasteiger partial charge in [0.15, 0.2) is 0 Å². The lowest BCUT2D eigenvalue weighted by Gasteiger charge is -2.36. The molecule has 1 aromatic rings. The normalized spacial score (nSPS) is 30.4. The van der Waals surface area contributed by atoms with Crippen LogP contribution in [0, 0.1) is 5.92 Å². The van der Waals surface area contributed by atoms with Crippen LogP contribution in [0.15, 0.2) is 18.5 Å². The van der Waals surface area contributed by atoms with E-state index in [1.165, 1.54) is 0 Å². The van der Waals surface area contributed by atoms with Crippen molar-refractivity contribution in [2.24, 2.45) is 5.92 Å². The minimum Gasteiger partial charge on any atom is -0.375 e. The minimum absolute atomic E-state index is 0.0115. The number of nitrogens with one attached hydrogen (secondary N) is 2. The Bertz CT molecular complexity index is 458. The molecule has 2 aliphatic heterocycles. The molecule has 1 amide bonds. The zero-order chi connectivity index (χ0) is 14.1. The summed E-state index contributed by atoms with van der Waals surface area (Å²) in [6.07, 6.45) is 4.81. The van der Waals surface area contributed by atoms with Gasteiger partial charge in [0.2, 0.25) is 0 Å². The Morgan fingerprint density at radius 1 is 1.50 bits per heavy atom. The third-order valence-electron chi connectivity index (χ3n) is 4.38. The van der Waals surface area contributed by atoms with Crippen molar-refractivity contribution in [1.82, 2.24) is 15.2 Å². The summed E-state index contributed by atoms with van der Waals surface area (Å²) in [6.45, 7) is 7.12. The molecule has 2 fully saturated rings. The molecule has 0 aliphatic carbocycles. The van der Waals surface area contributed by atoms with E-state index < -0.39 is 0 Å². The maximum absolute atomic E-state index is 12.1. The summed E-state index contributed by atoms with van der Waals surface area (Å²) in [4.78, 5) is 17.4. The number of carbonyl (C=O) groups excluding carboxylic acids is 1. The van der Waals surface area contributed by atoms with Gasteiger partial charge in [0.25, 0.3) is 5.91 Å². The van der Waals surface area contributed by atoms with Crippen LogP contribution in [-0.2, 0) is 4.74 Å². The number of amides is 1. The molecule has 3 atom stereocenters. The molecule has 20 heavy (non-hydrogen) atoms. The van der Waals surface area contributed by atoms with E-state index in [4.69, 9.17) is 4.74 Å². The Morgan fingerprint density at radius 2 is 2.35 bits per heavy atom. The van der Waals surface area contributed by atoms with Gasteiger partial charge in [-0.05, 0) is 18.4 Å². The summed E-state index contributed by atoms with van der Waals surface area (Å²) in [5.41, 5.74) is 0.700. The van der Waals surface area contributed by atoms with E-state index in [-0.39, 0.29) is 11.9 Å². The van der Waals surface area contributed by atoms with Crippen LogP contribution in [0.5, 0.6) is 0 Å². The molecule has 2 N–H and O–H groups in total. The van der Waals surface area contributed by atoms with Gasteiger partial charge in [0, 0.05) is 37.6 Å². The second kappa shape index (κ2) is 5.58. The number of fused-ring (bicyclic) bond motifs is 1. The average Bonchev–Trinajstić information content (AvgIpc) is 3.06. The summed E-state index contributed by atoms with van der Waals surface area (Å²) in [6, 6.07) is 2.49. The Hall–Kier alpha value is -1.33. The number of nitrogens with zero attached hydrogens (tertiary/aromatic N) is 1. The lowest BCUT2D eigenvalue weighted by atomic mass is 10.0. The molecule has 0 aromatic carbocycles. The van der Waals surface area contributed by atoms with Gasteiger partial charge in [-0.15, -0.1) is 0 Å². The van der Waals surface area contributed by atoms with Crippen molar-refractivity contribution in [3.63, 3.8) is 0 Å². The van der Waals surface area contributed by atoms with Crippen molar-refractivity contribution in [2.45, 2.75) is 38.5 Å². The highest BCUT2D eigenvalue weighted by molar-refractivity contribution is 5.94. The molecule has 3 heterocycles. The molecule has 0 radical (unpaired) electrons. The van der Waals surface area contributed by atoms with Crippen LogP contribution in [0.2, 0.25) is 0 Å². The van der Waals surface area contributed by atoms with Gasteiger partial charge in [-0.2, -0.15) is 0 Å². The molecule has 110 valence electrons.